The van der Waals surface area contributed by atoms with E-state index in [0.717, 1.165) is 17.8 Å². The highest BCUT2D eigenvalue weighted by molar-refractivity contribution is 5.94. The van der Waals surface area contributed by atoms with E-state index in [2.05, 4.69) is 15.4 Å². The molecular formula is C21H20F3N7O3. The number of nitrogens with one attached hydrogen (secondary N) is 1. The van der Waals surface area contributed by atoms with Crippen LogP contribution in [0.2, 0.25) is 0 Å². The monoisotopic (exact) mass is 475 g/mol. The fourth-order valence-electron chi connectivity index (χ4n) is 3.69. The average molecular weight is 475 g/mol. The smallest absolute Gasteiger partial charge is 0.369 e. The van der Waals surface area contributed by atoms with Crippen LogP contribution >= 0.6 is 0 Å². The molecule has 1 aliphatic rings. The Labute approximate surface area is 191 Å². The molecule has 0 saturated carbocycles. The molecule has 1 saturated heterocycles. The minimum atomic E-state index is -4.56. The van der Waals surface area contributed by atoms with Crippen molar-refractivity contribution in [2.45, 2.75) is 6.18 Å². The lowest BCUT2D eigenvalue weighted by Crippen LogP contribution is -2.48. The number of alkyl halides is 3. The molecule has 1 amide bonds. The van der Waals surface area contributed by atoms with E-state index < -0.39 is 22.6 Å². The number of carbonyl (C=O) groups is 1. The number of hydrogen-bond acceptors (Lipinski definition) is 7. The largest absolute Gasteiger partial charge is 0.416 e. The van der Waals surface area contributed by atoms with E-state index >= 15 is 0 Å². The van der Waals surface area contributed by atoms with Gasteiger partial charge in [0, 0.05) is 44.0 Å². The molecule has 1 aliphatic heterocycles. The number of non-ortho nitro benzene ring substituents is 1. The highest BCUT2D eigenvalue weighted by Gasteiger charge is 2.31. The third kappa shape index (κ3) is 5.31. The van der Waals surface area contributed by atoms with Crippen LogP contribution in [0.3, 0.4) is 0 Å². The van der Waals surface area contributed by atoms with Crippen molar-refractivity contribution in [3.8, 4) is 5.69 Å². The number of hydrogen-bond donors (Lipinski definition) is 1. The Kier molecular flexibility index (Phi) is 6.45. The fraction of sp³-hybridized carbons (Fsp3) is 0.286. The zero-order chi connectivity index (χ0) is 24.3. The number of anilines is 2. The van der Waals surface area contributed by atoms with Crippen molar-refractivity contribution in [2.75, 3.05) is 42.9 Å². The highest BCUT2D eigenvalue weighted by Crippen LogP contribution is 2.33. The van der Waals surface area contributed by atoms with Crippen LogP contribution in [0.4, 0.5) is 30.2 Å². The lowest BCUT2D eigenvalue weighted by atomic mass is 10.1. The summed E-state index contributed by atoms with van der Waals surface area (Å²) in [5, 5.41) is 17.3. The van der Waals surface area contributed by atoms with Crippen molar-refractivity contribution >= 4 is 23.0 Å². The van der Waals surface area contributed by atoms with Crippen LogP contribution in [-0.4, -0.2) is 63.2 Å². The molecule has 1 N–H and O–H groups in total. The van der Waals surface area contributed by atoms with Crippen molar-refractivity contribution in [1.82, 2.24) is 19.7 Å². The second-order valence-electron chi connectivity index (χ2n) is 7.65. The van der Waals surface area contributed by atoms with Gasteiger partial charge in [-0.15, -0.1) is 0 Å². The van der Waals surface area contributed by atoms with Gasteiger partial charge in [-0.25, -0.2) is 9.67 Å². The van der Waals surface area contributed by atoms with E-state index in [1.54, 1.807) is 12.1 Å². The Bertz CT molecular complexity index is 1160. The molecule has 0 radical (unpaired) electrons. The van der Waals surface area contributed by atoms with Crippen molar-refractivity contribution in [3.63, 3.8) is 0 Å². The van der Waals surface area contributed by atoms with E-state index in [4.69, 9.17) is 0 Å². The first-order valence-electron chi connectivity index (χ1n) is 10.3. The summed E-state index contributed by atoms with van der Waals surface area (Å²) in [5.74, 6) is -0.454. The van der Waals surface area contributed by atoms with Crippen molar-refractivity contribution in [1.29, 1.82) is 0 Å². The number of piperazine rings is 1. The molecule has 1 aromatic heterocycles. The molecule has 0 atom stereocenters. The minimum absolute atomic E-state index is 0.00114. The summed E-state index contributed by atoms with van der Waals surface area (Å²) in [6, 6.07) is 9.27. The number of nitro groups is 1. The number of aromatic nitrogens is 3. The number of carbonyl (C=O) groups excluding carboxylic acids is 1. The molecule has 34 heavy (non-hydrogen) atoms. The summed E-state index contributed by atoms with van der Waals surface area (Å²) < 4.78 is 40.9. The molecule has 0 spiro atoms. The topological polar surface area (TPSA) is 109 Å². The van der Waals surface area contributed by atoms with Crippen LogP contribution in [0.5, 0.6) is 0 Å². The van der Waals surface area contributed by atoms with Crippen LogP contribution in [0.15, 0.2) is 55.1 Å². The maximum atomic E-state index is 13.2. The maximum Gasteiger partial charge on any atom is 0.416 e. The van der Waals surface area contributed by atoms with E-state index in [9.17, 15) is 28.1 Å². The van der Waals surface area contributed by atoms with Gasteiger partial charge in [0.2, 0.25) is 5.91 Å². The Balaban J connectivity index is 1.39. The summed E-state index contributed by atoms with van der Waals surface area (Å²) >= 11 is 0. The van der Waals surface area contributed by atoms with Gasteiger partial charge >= 0.3 is 6.18 Å². The maximum absolute atomic E-state index is 13.2. The second-order valence-corrected chi connectivity index (χ2v) is 7.65. The second kappa shape index (κ2) is 9.47. The van der Waals surface area contributed by atoms with Gasteiger partial charge in [-0.05, 0) is 30.3 Å². The van der Waals surface area contributed by atoms with Crippen LogP contribution in [-0.2, 0) is 11.0 Å². The lowest BCUT2D eigenvalue weighted by Gasteiger charge is -2.35. The minimum Gasteiger partial charge on any atom is -0.369 e. The Morgan fingerprint density at radius 1 is 1.09 bits per heavy atom. The first-order valence-corrected chi connectivity index (χ1v) is 10.3. The van der Waals surface area contributed by atoms with Gasteiger partial charge in [0.25, 0.3) is 5.69 Å². The number of nitrogens with zero attached hydrogens (tertiary/aromatic N) is 6. The van der Waals surface area contributed by atoms with E-state index in [-0.39, 0.29) is 23.6 Å². The predicted octanol–water partition coefficient (Wildman–Crippen LogP) is 2.96. The summed E-state index contributed by atoms with van der Waals surface area (Å²) in [4.78, 5) is 30.7. The van der Waals surface area contributed by atoms with Gasteiger partial charge in [0.15, 0.2) is 0 Å². The zero-order valence-corrected chi connectivity index (χ0v) is 17.8. The van der Waals surface area contributed by atoms with Crippen molar-refractivity contribution < 1.29 is 22.9 Å². The first-order chi connectivity index (χ1) is 16.2. The molecule has 3 aromatic rings. The van der Waals surface area contributed by atoms with Crippen LogP contribution in [0, 0.1) is 10.1 Å². The molecule has 1 fully saturated rings. The van der Waals surface area contributed by atoms with Crippen molar-refractivity contribution in [2.24, 2.45) is 0 Å². The van der Waals surface area contributed by atoms with E-state index in [1.807, 2.05) is 9.80 Å². The zero-order valence-electron chi connectivity index (χ0n) is 17.8. The van der Waals surface area contributed by atoms with Crippen molar-refractivity contribution in [3.05, 3.63) is 70.8 Å². The molecule has 2 aromatic carbocycles. The molecule has 0 aliphatic carbocycles. The number of benzene rings is 2. The SMILES string of the molecule is O=C(CN1CCN(c2ccc([N+](=O)[O-])cc2)CC1)Nc1cc(C(F)(F)F)ccc1-n1cncn1. The molecule has 178 valence electrons. The van der Waals surface area contributed by atoms with Gasteiger partial charge in [0.05, 0.1) is 28.4 Å². The van der Waals surface area contributed by atoms with Crippen LogP contribution < -0.4 is 10.2 Å². The summed E-state index contributed by atoms with van der Waals surface area (Å²) in [5.41, 5.74) is 0.218. The number of amides is 1. The van der Waals surface area contributed by atoms with Gasteiger partial charge in [-0.2, -0.15) is 18.3 Å². The van der Waals surface area contributed by atoms with Crippen LogP contribution in [0.1, 0.15) is 5.56 Å². The quantitative estimate of drug-likeness (QED) is 0.431. The molecule has 13 heteroatoms. The third-order valence-electron chi connectivity index (χ3n) is 5.43. The fourth-order valence-corrected chi connectivity index (χ4v) is 3.69. The molecule has 2 heterocycles. The van der Waals surface area contributed by atoms with E-state index in [0.29, 0.717) is 26.2 Å². The summed E-state index contributed by atoms with van der Waals surface area (Å²) in [6.07, 6.45) is -1.99. The Morgan fingerprint density at radius 2 is 1.79 bits per heavy atom. The molecular weight excluding hydrogens is 455 g/mol. The van der Waals surface area contributed by atoms with Gasteiger partial charge in [-0.1, -0.05) is 0 Å². The molecule has 0 unspecified atom stereocenters. The average Bonchev–Trinajstić information content (AvgIpc) is 3.34. The van der Waals surface area contributed by atoms with E-state index in [1.165, 1.54) is 35.5 Å². The van der Waals surface area contributed by atoms with Gasteiger partial charge in [0.1, 0.15) is 12.7 Å². The number of rotatable bonds is 6. The molecule has 10 nitrogen and oxygen atoms in total. The van der Waals surface area contributed by atoms with Gasteiger partial charge < -0.3 is 10.2 Å². The molecule has 0 bridgehead atoms. The molecule has 4 rings (SSSR count). The Morgan fingerprint density at radius 3 is 2.38 bits per heavy atom. The normalized spacial score (nSPS) is 14.7. The number of nitro benzene ring substituents is 1. The standard InChI is InChI=1S/C21H20F3N7O3/c22-21(23,24)15-1-6-19(30-14-25-13-26-30)18(11-15)27-20(32)12-28-7-9-29(10-8-28)16-2-4-17(5-3-16)31(33)34/h1-6,11,13-14H,7-10,12H2,(H,27,32). The lowest BCUT2D eigenvalue weighted by molar-refractivity contribution is -0.384. The predicted molar refractivity (Wildman–Crippen MR) is 117 cm³/mol. The highest BCUT2D eigenvalue weighted by atomic mass is 19.4. The van der Waals surface area contributed by atoms with Gasteiger partial charge in [-0.3, -0.25) is 19.8 Å². The van der Waals surface area contributed by atoms with Crippen LogP contribution in [0.25, 0.3) is 5.69 Å². The first kappa shape index (κ1) is 23.2. The summed E-state index contributed by atoms with van der Waals surface area (Å²) in [7, 11) is 0. The Hall–Kier alpha value is -4.00. The third-order valence-corrected chi connectivity index (χ3v) is 5.43. The number of halogens is 3. The summed E-state index contributed by atoms with van der Waals surface area (Å²) in [6.45, 7) is 2.28.